The van der Waals surface area contributed by atoms with E-state index in [1.807, 2.05) is 0 Å². The maximum absolute atomic E-state index is 10.2. The molecule has 0 aliphatic rings. The van der Waals surface area contributed by atoms with Crippen LogP contribution in [0.3, 0.4) is 0 Å². The van der Waals surface area contributed by atoms with Crippen molar-refractivity contribution in [1.29, 1.82) is 0 Å². The number of carboxylic acid groups (broad SMARTS) is 1. The van der Waals surface area contributed by atoms with Gasteiger partial charge in [0.1, 0.15) is 6.04 Å². The minimum atomic E-state index is -4.67. The van der Waals surface area contributed by atoms with Gasteiger partial charge in [0.2, 0.25) is 0 Å². The van der Waals surface area contributed by atoms with Gasteiger partial charge in [-0.2, -0.15) is 8.42 Å². The minimum Gasteiger partial charge on any atom is -0.480 e. The Labute approximate surface area is 82.5 Å². The molecule has 7 nitrogen and oxygen atoms in total. The molecule has 0 heterocycles. The van der Waals surface area contributed by atoms with Crippen LogP contribution in [-0.4, -0.2) is 34.6 Å². The Bertz CT molecular complexity index is 269. The fraction of sp³-hybridized carbons (Fsp3) is 0.833. The van der Waals surface area contributed by atoms with E-state index >= 15 is 0 Å². The third-order valence-corrected chi connectivity index (χ3v) is 1.20. The number of carboxylic acids is 1. The number of hydrogen-bond acceptors (Lipinski definition) is 4. The second-order valence-electron chi connectivity index (χ2n) is 3.63. The zero-order valence-electron chi connectivity index (χ0n) is 8.13. The summed E-state index contributed by atoms with van der Waals surface area (Å²) >= 11 is 0. The third kappa shape index (κ3) is 13.9. The normalized spacial score (nSPS) is 13.9. The molecule has 14 heavy (non-hydrogen) atoms. The van der Waals surface area contributed by atoms with Crippen LogP contribution in [-0.2, 0) is 15.2 Å². The van der Waals surface area contributed by atoms with Crippen molar-refractivity contribution in [3.63, 3.8) is 0 Å². The Hall–Kier alpha value is -0.700. The number of rotatable bonds is 1. The lowest BCUT2D eigenvalue weighted by atomic mass is 9.88. The lowest BCUT2D eigenvalue weighted by molar-refractivity contribution is -0.141. The number of carbonyl (C=O) groups is 1. The van der Waals surface area contributed by atoms with E-state index in [-0.39, 0.29) is 5.41 Å². The molecule has 8 heteroatoms. The Morgan fingerprint density at radius 2 is 1.50 bits per heavy atom. The second kappa shape index (κ2) is 5.25. The van der Waals surface area contributed by atoms with Crippen molar-refractivity contribution in [3.05, 3.63) is 0 Å². The van der Waals surface area contributed by atoms with Crippen molar-refractivity contribution in [2.24, 2.45) is 11.1 Å². The molecule has 0 aromatic carbocycles. The Morgan fingerprint density at radius 1 is 1.29 bits per heavy atom. The van der Waals surface area contributed by atoms with Gasteiger partial charge >= 0.3 is 16.4 Å². The maximum atomic E-state index is 10.2. The SMILES string of the molecule is CC(C)(C)[C@H](N)C(=O)O.O=S(=O)(O)O. The van der Waals surface area contributed by atoms with Gasteiger partial charge < -0.3 is 10.8 Å². The van der Waals surface area contributed by atoms with E-state index in [1.165, 1.54) is 0 Å². The summed E-state index contributed by atoms with van der Waals surface area (Å²) in [6, 6.07) is -0.766. The number of aliphatic carboxylic acids is 1. The van der Waals surface area contributed by atoms with Crippen LogP contribution in [0.1, 0.15) is 20.8 Å². The summed E-state index contributed by atoms with van der Waals surface area (Å²) in [6.07, 6.45) is 0. The summed E-state index contributed by atoms with van der Waals surface area (Å²) < 4.78 is 31.6. The predicted octanol–water partition coefficient (Wildman–Crippen LogP) is -0.208. The van der Waals surface area contributed by atoms with E-state index in [4.69, 9.17) is 28.4 Å². The van der Waals surface area contributed by atoms with Gasteiger partial charge in [-0.05, 0) is 5.41 Å². The first kappa shape index (κ1) is 15.8. The summed E-state index contributed by atoms with van der Waals surface area (Å²) in [5.74, 6) is -0.942. The lowest BCUT2D eigenvalue weighted by Crippen LogP contribution is -2.41. The first-order chi connectivity index (χ1) is 5.85. The number of nitrogens with two attached hydrogens (primary N) is 1. The topological polar surface area (TPSA) is 138 Å². The van der Waals surface area contributed by atoms with Crippen LogP contribution in [0.2, 0.25) is 0 Å². The average Bonchev–Trinajstić information content (AvgIpc) is 1.79. The molecule has 0 bridgehead atoms. The van der Waals surface area contributed by atoms with Gasteiger partial charge in [0.05, 0.1) is 0 Å². The van der Waals surface area contributed by atoms with Crippen molar-refractivity contribution in [3.8, 4) is 0 Å². The van der Waals surface area contributed by atoms with Gasteiger partial charge in [0.25, 0.3) is 0 Å². The second-order valence-corrected chi connectivity index (χ2v) is 4.53. The summed E-state index contributed by atoms with van der Waals surface area (Å²) in [5.41, 5.74) is 4.95. The Morgan fingerprint density at radius 3 is 1.50 bits per heavy atom. The standard InChI is InChI=1S/C6H13NO2.H2O4S/c1-6(2,3)4(7)5(8)9;1-5(2,3)4/h4H,7H2,1-3H3,(H,8,9);(H2,1,2,3,4)/t4-;/m1./s1. The fourth-order valence-electron chi connectivity index (χ4n) is 0.370. The van der Waals surface area contributed by atoms with Crippen molar-refractivity contribution in [2.75, 3.05) is 0 Å². The van der Waals surface area contributed by atoms with Gasteiger partial charge in [-0.3, -0.25) is 13.9 Å². The molecule has 0 amide bonds. The Balaban J connectivity index is 0. The molecule has 1 atom stereocenters. The molecular formula is C6H15NO6S. The first-order valence-electron chi connectivity index (χ1n) is 3.54. The average molecular weight is 229 g/mol. The zero-order chi connectivity index (χ0) is 12.2. The van der Waals surface area contributed by atoms with Gasteiger partial charge in [0, 0.05) is 0 Å². The highest BCUT2D eigenvalue weighted by atomic mass is 32.3. The van der Waals surface area contributed by atoms with Crippen LogP contribution in [0.5, 0.6) is 0 Å². The minimum absolute atomic E-state index is 0.341. The van der Waals surface area contributed by atoms with Crippen molar-refractivity contribution in [2.45, 2.75) is 26.8 Å². The molecule has 0 aromatic rings. The van der Waals surface area contributed by atoms with Crippen LogP contribution in [0.4, 0.5) is 0 Å². The van der Waals surface area contributed by atoms with Gasteiger partial charge in [0.15, 0.2) is 0 Å². The van der Waals surface area contributed by atoms with E-state index in [0.29, 0.717) is 0 Å². The van der Waals surface area contributed by atoms with Crippen LogP contribution >= 0.6 is 0 Å². The number of hydrogen-bond donors (Lipinski definition) is 4. The summed E-state index contributed by atoms with van der Waals surface area (Å²) in [7, 11) is -4.67. The summed E-state index contributed by atoms with van der Waals surface area (Å²) in [4.78, 5) is 10.2. The van der Waals surface area contributed by atoms with Gasteiger partial charge in [-0.25, -0.2) is 0 Å². The third-order valence-electron chi connectivity index (χ3n) is 1.20. The van der Waals surface area contributed by atoms with E-state index < -0.39 is 22.4 Å². The van der Waals surface area contributed by atoms with Crippen molar-refractivity contribution < 1.29 is 27.4 Å². The largest absolute Gasteiger partial charge is 0.480 e. The predicted molar refractivity (Wildman–Crippen MR) is 49.2 cm³/mol. The summed E-state index contributed by atoms with van der Waals surface area (Å²) in [5, 5.41) is 8.39. The molecule has 0 unspecified atom stereocenters. The molecule has 0 spiro atoms. The van der Waals surface area contributed by atoms with E-state index in [0.717, 1.165) is 0 Å². The zero-order valence-corrected chi connectivity index (χ0v) is 8.95. The quantitative estimate of drug-likeness (QED) is 0.456. The first-order valence-corrected chi connectivity index (χ1v) is 4.93. The highest BCUT2D eigenvalue weighted by molar-refractivity contribution is 7.79. The molecule has 0 fully saturated rings. The highest BCUT2D eigenvalue weighted by Gasteiger charge is 2.26. The maximum Gasteiger partial charge on any atom is 0.394 e. The summed E-state index contributed by atoms with van der Waals surface area (Å²) in [6.45, 7) is 5.39. The highest BCUT2D eigenvalue weighted by Crippen LogP contribution is 2.16. The molecule has 0 radical (unpaired) electrons. The monoisotopic (exact) mass is 229 g/mol. The lowest BCUT2D eigenvalue weighted by Gasteiger charge is -2.22. The van der Waals surface area contributed by atoms with Crippen LogP contribution < -0.4 is 5.73 Å². The van der Waals surface area contributed by atoms with Gasteiger partial charge in [-0.15, -0.1) is 0 Å². The Kier molecular flexibility index (Phi) is 5.91. The molecule has 0 aromatic heterocycles. The molecule has 0 aliphatic carbocycles. The van der Waals surface area contributed by atoms with Gasteiger partial charge in [-0.1, -0.05) is 20.8 Å². The molecule has 86 valence electrons. The van der Waals surface area contributed by atoms with Crippen LogP contribution in [0.15, 0.2) is 0 Å². The molecule has 0 rings (SSSR count). The molecule has 0 saturated carbocycles. The molecular weight excluding hydrogens is 214 g/mol. The molecule has 0 saturated heterocycles. The fourth-order valence-corrected chi connectivity index (χ4v) is 0.370. The van der Waals surface area contributed by atoms with E-state index in [9.17, 15) is 4.79 Å². The smallest absolute Gasteiger partial charge is 0.394 e. The van der Waals surface area contributed by atoms with Crippen molar-refractivity contribution >= 4 is 16.4 Å². The van der Waals surface area contributed by atoms with Crippen LogP contribution in [0.25, 0.3) is 0 Å². The van der Waals surface area contributed by atoms with E-state index in [1.54, 1.807) is 20.8 Å². The van der Waals surface area contributed by atoms with E-state index in [2.05, 4.69) is 0 Å². The van der Waals surface area contributed by atoms with Crippen molar-refractivity contribution in [1.82, 2.24) is 0 Å². The molecule has 5 N–H and O–H groups in total. The van der Waals surface area contributed by atoms with Crippen LogP contribution in [0, 0.1) is 5.41 Å². The molecule has 0 aliphatic heterocycles.